The molecule has 0 saturated carbocycles. The molecule has 1 rings (SSSR count). The van der Waals surface area contributed by atoms with Crippen LogP contribution in [0, 0.1) is 5.92 Å². The van der Waals surface area contributed by atoms with Crippen molar-refractivity contribution in [3.05, 3.63) is 28.2 Å². The number of methoxy groups -OCH3 is 1. The topological polar surface area (TPSA) is 55.8 Å². The van der Waals surface area contributed by atoms with E-state index in [4.69, 9.17) is 9.47 Å². The predicted octanol–water partition coefficient (Wildman–Crippen LogP) is 3.47. The largest absolute Gasteiger partial charge is 0.496 e. The quantitative estimate of drug-likeness (QED) is 0.849. The van der Waals surface area contributed by atoms with E-state index in [0.29, 0.717) is 11.3 Å². The van der Waals surface area contributed by atoms with Gasteiger partial charge in [0.25, 0.3) is 0 Å². The molecule has 0 spiro atoms. The normalized spacial score (nSPS) is 14.6. The molecule has 0 amide bonds. The van der Waals surface area contributed by atoms with Crippen molar-refractivity contribution in [3.63, 3.8) is 0 Å². The maximum Gasteiger partial charge on any atom is 0.312 e. The van der Waals surface area contributed by atoms with Crippen LogP contribution in [0.5, 0.6) is 5.75 Å². The van der Waals surface area contributed by atoms with E-state index in [0.717, 1.165) is 4.47 Å². The molecule has 0 bridgehead atoms. The van der Waals surface area contributed by atoms with Gasteiger partial charge in [0.05, 0.1) is 19.1 Å². The first-order chi connectivity index (χ1) is 9.15. The fourth-order valence-electron chi connectivity index (χ4n) is 1.73. The lowest BCUT2D eigenvalue weighted by atomic mass is 9.96. The summed E-state index contributed by atoms with van der Waals surface area (Å²) in [5.41, 5.74) is -0.0212. The molecule has 0 radical (unpaired) electrons. The highest BCUT2D eigenvalue weighted by Gasteiger charge is 2.30. The number of carbonyl (C=O) groups is 1. The minimum Gasteiger partial charge on any atom is -0.496 e. The summed E-state index contributed by atoms with van der Waals surface area (Å²) in [6.07, 6.45) is -0.989. The van der Waals surface area contributed by atoms with Crippen molar-refractivity contribution in [3.8, 4) is 5.75 Å². The molecular weight excluding hydrogens is 324 g/mol. The van der Waals surface area contributed by atoms with Crippen LogP contribution in [0.2, 0.25) is 0 Å². The van der Waals surface area contributed by atoms with Gasteiger partial charge in [0.15, 0.2) is 0 Å². The molecule has 4 nitrogen and oxygen atoms in total. The third kappa shape index (κ3) is 4.49. The Morgan fingerprint density at radius 1 is 1.35 bits per heavy atom. The highest BCUT2D eigenvalue weighted by atomic mass is 79.9. The van der Waals surface area contributed by atoms with Crippen molar-refractivity contribution in [1.29, 1.82) is 0 Å². The van der Waals surface area contributed by atoms with Crippen LogP contribution in [-0.4, -0.2) is 23.8 Å². The minimum absolute atomic E-state index is 0.438. The molecule has 0 aromatic heterocycles. The van der Waals surface area contributed by atoms with Gasteiger partial charge >= 0.3 is 5.97 Å². The van der Waals surface area contributed by atoms with Gasteiger partial charge in [-0.15, -0.1) is 0 Å². The Hall–Kier alpha value is -1.07. The summed E-state index contributed by atoms with van der Waals surface area (Å²) >= 11 is 3.35. The molecule has 1 N–H and O–H groups in total. The van der Waals surface area contributed by atoms with E-state index in [1.807, 2.05) is 6.07 Å². The van der Waals surface area contributed by atoms with Crippen LogP contribution in [0.4, 0.5) is 0 Å². The smallest absolute Gasteiger partial charge is 0.312 e. The lowest BCUT2D eigenvalue weighted by Crippen LogP contribution is -2.30. The first-order valence-corrected chi connectivity index (χ1v) is 7.19. The second kappa shape index (κ2) is 6.59. The summed E-state index contributed by atoms with van der Waals surface area (Å²) < 4.78 is 11.3. The molecule has 0 aliphatic carbocycles. The first-order valence-electron chi connectivity index (χ1n) is 6.40. The highest BCUT2D eigenvalue weighted by molar-refractivity contribution is 9.10. The fourth-order valence-corrected chi connectivity index (χ4v) is 2.11. The lowest BCUT2D eigenvalue weighted by Gasteiger charge is -2.25. The maximum atomic E-state index is 12.0. The van der Waals surface area contributed by atoms with Gasteiger partial charge in [0.1, 0.15) is 11.4 Å². The third-order valence-corrected chi connectivity index (χ3v) is 3.26. The van der Waals surface area contributed by atoms with Crippen molar-refractivity contribution in [1.82, 2.24) is 0 Å². The Morgan fingerprint density at radius 2 is 1.95 bits per heavy atom. The molecule has 0 aliphatic heterocycles. The molecule has 112 valence electrons. The van der Waals surface area contributed by atoms with E-state index in [1.54, 1.807) is 39.8 Å². The number of carbonyl (C=O) groups excluding carboxylic acids is 1. The van der Waals surface area contributed by atoms with E-state index in [-0.39, 0.29) is 0 Å². The van der Waals surface area contributed by atoms with Crippen molar-refractivity contribution >= 4 is 21.9 Å². The minimum atomic E-state index is -0.989. The van der Waals surface area contributed by atoms with Crippen LogP contribution in [0.1, 0.15) is 39.4 Å². The number of aliphatic hydroxyl groups is 1. The zero-order valence-corrected chi connectivity index (χ0v) is 14.0. The molecular formula is C15H21BrO4. The van der Waals surface area contributed by atoms with Gasteiger partial charge in [-0.25, -0.2) is 0 Å². The van der Waals surface area contributed by atoms with Gasteiger partial charge in [-0.1, -0.05) is 15.9 Å². The molecule has 1 aromatic carbocycles. The van der Waals surface area contributed by atoms with Crippen LogP contribution in [0.25, 0.3) is 0 Å². The summed E-state index contributed by atoms with van der Waals surface area (Å²) in [6.45, 7) is 7.02. The molecule has 0 saturated heterocycles. The van der Waals surface area contributed by atoms with Gasteiger partial charge in [0, 0.05) is 10.0 Å². The molecule has 5 heteroatoms. The van der Waals surface area contributed by atoms with E-state index in [9.17, 15) is 9.90 Å². The summed E-state index contributed by atoms with van der Waals surface area (Å²) in [6, 6.07) is 5.29. The monoisotopic (exact) mass is 344 g/mol. The van der Waals surface area contributed by atoms with E-state index < -0.39 is 23.6 Å². The second-order valence-corrected chi connectivity index (χ2v) is 6.57. The van der Waals surface area contributed by atoms with Crippen LogP contribution >= 0.6 is 15.9 Å². The number of aliphatic hydroxyl groups excluding tert-OH is 1. The number of halogens is 1. The Morgan fingerprint density at radius 3 is 2.45 bits per heavy atom. The number of rotatable bonds is 4. The third-order valence-electron chi connectivity index (χ3n) is 2.76. The second-order valence-electron chi connectivity index (χ2n) is 5.65. The lowest BCUT2D eigenvalue weighted by molar-refractivity contribution is -0.163. The first kappa shape index (κ1) is 17.0. The number of ether oxygens (including phenoxy) is 2. The SMILES string of the molecule is COc1ccc(Br)cc1C(O)C(C)C(=O)OC(C)(C)C. The zero-order valence-electron chi connectivity index (χ0n) is 12.4. The Balaban J connectivity index is 2.96. The molecule has 0 fully saturated rings. The summed E-state index contributed by atoms with van der Waals surface area (Å²) in [5.74, 6) is -0.583. The zero-order chi connectivity index (χ0) is 15.5. The van der Waals surface area contributed by atoms with Crippen molar-refractivity contribution in [2.24, 2.45) is 5.92 Å². The Bertz CT molecular complexity index is 479. The van der Waals surface area contributed by atoms with E-state index in [1.165, 1.54) is 7.11 Å². The van der Waals surface area contributed by atoms with Crippen LogP contribution in [0.3, 0.4) is 0 Å². The molecule has 2 atom stereocenters. The standard InChI is InChI=1S/C15H21BrO4/c1-9(14(18)20-15(2,3)4)13(17)11-8-10(16)6-7-12(11)19-5/h6-9,13,17H,1-5H3. The molecule has 1 aromatic rings. The number of hydrogen-bond acceptors (Lipinski definition) is 4. The van der Waals surface area contributed by atoms with Gasteiger partial charge in [-0.2, -0.15) is 0 Å². The van der Waals surface area contributed by atoms with Gasteiger partial charge in [-0.05, 0) is 45.9 Å². The number of hydrogen-bond donors (Lipinski definition) is 1. The Labute approximate surface area is 128 Å². The van der Waals surface area contributed by atoms with Crippen LogP contribution in [0.15, 0.2) is 22.7 Å². The Kier molecular flexibility index (Phi) is 5.59. The average molecular weight is 345 g/mol. The molecule has 20 heavy (non-hydrogen) atoms. The van der Waals surface area contributed by atoms with Gasteiger partial charge in [-0.3, -0.25) is 4.79 Å². The van der Waals surface area contributed by atoms with E-state index in [2.05, 4.69) is 15.9 Å². The van der Waals surface area contributed by atoms with Crippen molar-refractivity contribution in [2.45, 2.75) is 39.4 Å². The average Bonchev–Trinajstić information content (AvgIpc) is 2.34. The number of benzene rings is 1. The number of esters is 1. The molecule has 2 unspecified atom stereocenters. The summed E-state index contributed by atoms with van der Waals surface area (Å²) in [5, 5.41) is 10.4. The summed E-state index contributed by atoms with van der Waals surface area (Å²) in [7, 11) is 1.53. The van der Waals surface area contributed by atoms with Gasteiger partial charge in [0.2, 0.25) is 0 Å². The maximum absolute atomic E-state index is 12.0. The van der Waals surface area contributed by atoms with Crippen LogP contribution in [-0.2, 0) is 9.53 Å². The fraction of sp³-hybridized carbons (Fsp3) is 0.533. The van der Waals surface area contributed by atoms with E-state index >= 15 is 0 Å². The summed E-state index contributed by atoms with van der Waals surface area (Å²) in [4.78, 5) is 12.0. The molecule has 0 aliphatic rings. The predicted molar refractivity (Wildman–Crippen MR) is 80.7 cm³/mol. The van der Waals surface area contributed by atoms with Crippen molar-refractivity contribution in [2.75, 3.05) is 7.11 Å². The van der Waals surface area contributed by atoms with Crippen LogP contribution < -0.4 is 4.74 Å². The highest BCUT2D eigenvalue weighted by Crippen LogP contribution is 2.33. The van der Waals surface area contributed by atoms with Gasteiger partial charge < -0.3 is 14.6 Å². The van der Waals surface area contributed by atoms with Crippen molar-refractivity contribution < 1.29 is 19.4 Å². The molecule has 0 heterocycles.